The van der Waals surface area contributed by atoms with Crippen LogP contribution in [0.1, 0.15) is 22.6 Å². The number of hydrogen-bond donors (Lipinski definition) is 0. The van der Waals surface area contributed by atoms with Gasteiger partial charge in [-0.15, -0.1) is 0 Å². The van der Waals surface area contributed by atoms with Crippen molar-refractivity contribution < 1.29 is 37.2 Å². The van der Waals surface area contributed by atoms with Crippen LogP contribution >= 0.6 is 0 Å². The van der Waals surface area contributed by atoms with E-state index in [4.69, 9.17) is 9.47 Å². The number of alkyl halides is 3. The molecule has 1 heterocycles. The summed E-state index contributed by atoms with van der Waals surface area (Å²) in [6.45, 7) is 1.53. The highest BCUT2D eigenvalue weighted by atomic mass is 19.4. The Bertz CT molecular complexity index is 1190. The third kappa shape index (κ3) is 4.77. The number of hydrogen-bond acceptors (Lipinski definition) is 7. The maximum atomic E-state index is 13.2. The predicted molar refractivity (Wildman–Crippen MR) is 115 cm³/mol. The number of nitro benzene ring substituents is 1. The quantitative estimate of drug-likeness (QED) is 0.352. The van der Waals surface area contributed by atoms with Gasteiger partial charge in [0.25, 0.3) is 5.69 Å². The van der Waals surface area contributed by atoms with E-state index >= 15 is 0 Å². The highest BCUT2D eigenvalue weighted by Gasteiger charge is 2.37. The average Bonchev–Trinajstić information content (AvgIpc) is 2.82. The number of aryl methyl sites for hydroxylation is 1. The molecule has 0 aliphatic carbocycles. The van der Waals surface area contributed by atoms with Crippen molar-refractivity contribution in [3.05, 3.63) is 92.8 Å². The van der Waals surface area contributed by atoms with Gasteiger partial charge >= 0.3 is 18.1 Å². The molecule has 2 aromatic rings. The SMILES string of the molecule is COC(=O)C1=CN(c2cccc(C(F)(F)F)c2)C=C(C(=O)OC)C1c1ccc(C)c([N+](=O)[O-])c1. The van der Waals surface area contributed by atoms with Crippen LogP contribution in [-0.4, -0.2) is 31.1 Å². The molecule has 0 bridgehead atoms. The molecule has 0 fully saturated rings. The first kappa shape index (κ1) is 24.5. The van der Waals surface area contributed by atoms with Gasteiger partial charge in [-0.3, -0.25) is 10.1 Å². The molecule has 2 aromatic carbocycles. The van der Waals surface area contributed by atoms with Crippen molar-refractivity contribution in [2.45, 2.75) is 19.0 Å². The highest BCUT2D eigenvalue weighted by Crippen LogP contribution is 2.40. The fourth-order valence-electron chi connectivity index (χ4n) is 3.58. The van der Waals surface area contributed by atoms with E-state index in [0.717, 1.165) is 26.4 Å². The zero-order valence-corrected chi connectivity index (χ0v) is 18.3. The standard InChI is InChI=1S/C23H19F3N2O6/c1-13-7-8-14(9-19(13)28(31)32)20-17(21(29)33-2)11-27(12-18(20)22(30)34-3)16-6-4-5-15(10-16)23(24,25)26/h4-12,20H,1-3H3. The molecule has 3 rings (SSSR count). The van der Waals surface area contributed by atoms with Gasteiger partial charge in [0.1, 0.15) is 0 Å². The van der Waals surface area contributed by atoms with Crippen molar-refractivity contribution in [2.75, 3.05) is 19.1 Å². The van der Waals surface area contributed by atoms with Crippen molar-refractivity contribution in [1.29, 1.82) is 0 Å². The van der Waals surface area contributed by atoms with Crippen LogP contribution in [0.4, 0.5) is 24.5 Å². The predicted octanol–water partition coefficient (Wildman–Crippen LogP) is 4.64. The second kappa shape index (κ2) is 9.38. The Hall–Kier alpha value is -4.15. The Labute approximate surface area is 192 Å². The van der Waals surface area contributed by atoms with Crippen LogP contribution < -0.4 is 4.90 Å². The molecular weight excluding hydrogens is 457 g/mol. The van der Waals surface area contributed by atoms with Gasteiger partial charge in [-0.2, -0.15) is 13.2 Å². The second-order valence-corrected chi connectivity index (χ2v) is 7.34. The zero-order chi connectivity index (χ0) is 25.2. The average molecular weight is 476 g/mol. The third-order valence-corrected chi connectivity index (χ3v) is 5.26. The molecule has 1 aliphatic heterocycles. The monoisotopic (exact) mass is 476 g/mol. The number of anilines is 1. The molecule has 0 atom stereocenters. The molecular formula is C23H19F3N2O6. The number of halogens is 3. The summed E-state index contributed by atoms with van der Waals surface area (Å²) >= 11 is 0. The number of carbonyl (C=O) groups is 2. The van der Waals surface area contributed by atoms with Crippen LogP contribution in [0.15, 0.2) is 66.0 Å². The lowest BCUT2D eigenvalue weighted by Crippen LogP contribution is -2.28. The number of nitro groups is 1. The number of esters is 2. The van der Waals surface area contributed by atoms with Gasteiger partial charge in [-0.1, -0.05) is 18.2 Å². The van der Waals surface area contributed by atoms with E-state index in [2.05, 4.69) is 0 Å². The van der Waals surface area contributed by atoms with E-state index in [0.29, 0.717) is 5.56 Å². The van der Waals surface area contributed by atoms with Crippen LogP contribution in [0, 0.1) is 17.0 Å². The van der Waals surface area contributed by atoms with Crippen molar-refractivity contribution in [2.24, 2.45) is 0 Å². The van der Waals surface area contributed by atoms with Gasteiger partial charge in [0.15, 0.2) is 0 Å². The molecule has 0 N–H and O–H groups in total. The maximum Gasteiger partial charge on any atom is 0.416 e. The summed E-state index contributed by atoms with van der Waals surface area (Å²) < 4.78 is 49.3. The molecule has 0 spiro atoms. The first-order chi connectivity index (χ1) is 16.0. The van der Waals surface area contributed by atoms with E-state index < -0.39 is 34.5 Å². The largest absolute Gasteiger partial charge is 0.466 e. The Morgan fingerprint density at radius 3 is 2.09 bits per heavy atom. The van der Waals surface area contributed by atoms with Gasteiger partial charge in [0.2, 0.25) is 0 Å². The molecule has 0 amide bonds. The molecule has 1 aliphatic rings. The van der Waals surface area contributed by atoms with Gasteiger partial charge in [-0.25, -0.2) is 9.59 Å². The molecule has 0 unspecified atom stereocenters. The fourth-order valence-corrected chi connectivity index (χ4v) is 3.58. The minimum atomic E-state index is -4.61. The fraction of sp³-hybridized carbons (Fsp3) is 0.217. The number of rotatable bonds is 5. The Balaban J connectivity index is 2.23. The van der Waals surface area contributed by atoms with Crippen molar-refractivity contribution in [3.8, 4) is 0 Å². The third-order valence-electron chi connectivity index (χ3n) is 5.26. The first-order valence-electron chi connectivity index (χ1n) is 9.78. The summed E-state index contributed by atoms with van der Waals surface area (Å²) in [5.41, 5.74) is -0.793. The van der Waals surface area contributed by atoms with Crippen molar-refractivity contribution in [1.82, 2.24) is 0 Å². The molecule has 0 aromatic heterocycles. The van der Waals surface area contributed by atoms with E-state index in [9.17, 15) is 32.9 Å². The van der Waals surface area contributed by atoms with E-state index in [1.165, 1.54) is 54.6 Å². The molecule has 0 saturated carbocycles. The van der Waals surface area contributed by atoms with Gasteiger partial charge in [-0.05, 0) is 30.7 Å². The lowest BCUT2D eigenvalue weighted by atomic mass is 9.82. The van der Waals surface area contributed by atoms with Crippen molar-refractivity contribution in [3.63, 3.8) is 0 Å². The van der Waals surface area contributed by atoms with E-state index in [1.54, 1.807) is 0 Å². The second-order valence-electron chi connectivity index (χ2n) is 7.34. The molecule has 0 saturated heterocycles. The van der Waals surface area contributed by atoms with Gasteiger partial charge in [0.05, 0.1) is 41.8 Å². The van der Waals surface area contributed by atoms with Crippen molar-refractivity contribution >= 4 is 23.3 Å². The van der Waals surface area contributed by atoms with Crippen LogP contribution in [0.5, 0.6) is 0 Å². The van der Waals surface area contributed by atoms with Crippen LogP contribution in [0.2, 0.25) is 0 Å². The molecule has 8 nitrogen and oxygen atoms in total. The molecule has 34 heavy (non-hydrogen) atoms. The number of carbonyl (C=O) groups excluding carboxylic acids is 2. The van der Waals surface area contributed by atoms with E-state index in [1.807, 2.05) is 0 Å². The lowest BCUT2D eigenvalue weighted by Gasteiger charge is -2.30. The highest BCUT2D eigenvalue weighted by molar-refractivity contribution is 6.00. The van der Waals surface area contributed by atoms with Crippen LogP contribution in [0.25, 0.3) is 0 Å². The summed E-state index contributed by atoms with van der Waals surface area (Å²) in [6.07, 6.45) is -2.16. The zero-order valence-electron chi connectivity index (χ0n) is 18.3. The summed E-state index contributed by atoms with van der Waals surface area (Å²) in [5, 5.41) is 11.4. The first-order valence-corrected chi connectivity index (χ1v) is 9.78. The Kier molecular flexibility index (Phi) is 6.75. The van der Waals surface area contributed by atoms with Crippen LogP contribution in [-0.2, 0) is 25.2 Å². The number of benzene rings is 2. The minimum absolute atomic E-state index is 0.0194. The summed E-state index contributed by atoms with van der Waals surface area (Å²) in [5.74, 6) is -2.87. The smallest absolute Gasteiger partial charge is 0.416 e. The number of ether oxygens (including phenoxy) is 2. The lowest BCUT2D eigenvalue weighted by molar-refractivity contribution is -0.385. The molecule has 0 radical (unpaired) electrons. The summed E-state index contributed by atoms with van der Waals surface area (Å²) in [7, 11) is 2.20. The number of nitrogens with zero attached hydrogens (tertiary/aromatic N) is 2. The van der Waals surface area contributed by atoms with Gasteiger partial charge < -0.3 is 14.4 Å². The minimum Gasteiger partial charge on any atom is -0.466 e. The number of methoxy groups -OCH3 is 2. The normalized spacial score (nSPS) is 14.2. The molecule has 11 heteroatoms. The Morgan fingerprint density at radius 2 is 1.59 bits per heavy atom. The molecule has 178 valence electrons. The maximum absolute atomic E-state index is 13.2. The summed E-state index contributed by atoms with van der Waals surface area (Å²) in [4.78, 5) is 37.4. The van der Waals surface area contributed by atoms with Gasteiger partial charge in [0, 0.05) is 29.7 Å². The van der Waals surface area contributed by atoms with E-state index in [-0.39, 0.29) is 28.1 Å². The topological polar surface area (TPSA) is 99.0 Å². The summed E-state index contributed by atoms with van der Waals surface area (Å²) in [6, 6.07) is 8.50. The van der Waals surface area contributed by atoms with Crippen LogP contribution in [0.3, 0.4) is 0 Å². The Morgan fingerprint density at radius 1 is 1.00 bits per heavy atom.